The maximum absolute atomic E-state index is 12.9. The predicted molar refractivity (Wildman–Crippen MR) is 135 cm³/mol. The molecule has 3 aromatic carbocycles. The minimum absolute atomic E-state index is 0.0401. The molecule has 1 aliphatic heterocycles. The molecule has 0 atom stereocenters. The number of carbonyl (C=O) groups is 2. The van der Waals surface area contributed by atoms with Crippen molar-refractivity contribution in [3.63, 3.8) is 0 Å². The van der Waals surface area contributed by atoms with Gasteiger partial charge in [-0.1, -0.05) is 23.9 Å². The third-order valence-electron chi connectivity index (χ3n) is 5.78. The van der Waals surface area contributed by atoms with Gasteiger partial charge in [-0.25, -0.2) is 0 Å². The Labute approximate surface area is 204 Å². The number of unbranched alkanes of at least 4 members (excludes halogenated alkanes) is 1. The van der Waals surface area contributed by atoms with E-state index in [1.807, 2.05) is 60.7 Å². The first kappa shape index (κ1) is 23.7. The lowest BCUT2D eigenvalue weighted by Gasteiger charge is -2.18. The lowest BCUT2D eigenvalue weighted by molar-refractivity contribution is -0.116. The van der Waals surface area contributed by atoms with Crippen molar-refractivity contribution in [2.45, 2.75) is 35.5 Å². The second-order valence-electron chi connectivity index (χ2n) is 8.12. The summed E-state index contributed by atoms with van der Waals surface area (Å²) in [5, 5.41) is 2.98. The number of hydrogen-bond acceptors (Lipinski definition) is 5. The minimum atomic E-state index is -0.0560. The molecule has 4 rings (SSSR count). The molecule has 0 aromatic heterocycles. The van der Waals surface area contributed by atoms with Crippen LogP contribution in [0.2, 0.25) is 0 Å². The lowest BCUT2D eigenvalue weighted by Crippen LogP contribution is -2.26. The van der Waals surface area contributed by atoms with Gasteiger partial charge in [0.25, 0.3) is 5.91 Å². The van der Waals surface area contributed by atoms with E-state index in [-0.39, 0.29) is 11.8 Å². The van der Waals surface area contributed by atoms with Crippen LogP contribution >= 0.6 is 11.8 Å². The quantitative estimate of drug-likeness (QED) is 0.417. The highest BCUT2D eigenvalue weighted by Gasteiger charge is 2.24. The van der Waals surface area contributed by atoms with Crippen molar-refractivity contribution < 1.29 is 19.1 Å². The Kier molecular flexibility index (Phi) is 7.43. The second kappa shape index (κ2) is 10.7. The number of nitrogens with zero attached hydrogens (tertiary/aromatic N) is 1. The normalized spacial score (nSPS) is 12.4. The van der Waals surface area contributed by atoms with E-state index in [1.165, 1.54) is 0 Å². The van der Waals surface area contributed by atoms with Crippen LogP contribution in [0.15, 0.2) is 70.5 Å². The molecule has 0 saturated carbocycles. The Bertz CT molecular complexity index is 1190. The van der Waals surface area contributed by atoms with Gasteiger partial charge in [0.15, 0.2) is 0 Å². The summed E-state index contributed by atoms with van der Waals surface area (Å²) in [5.41, 5.74) is 3.28. The fourth-order valence-corrected chi connectivity index (χ4v) is 5.02. The van der Waals surface area contributed by atoms with Crippen molar-refractivity contribution in [3.05, 3.63) is 71.8 Å². The summed E-state index contributed by atoms with van der Waals surface area (Å²) < 4.78 is 10.6. The molecule has 34 heavy (non-hydrogen) atoms. The summed E-state index contributed by atoms with van der Waals surface area (Å²) in [7, 11) is 5.04. The Morgan fingerprint density at radius 3 is 2.41 bits per heavy atom. The smallest absolute Gasteiger partial charge is 0.259 e. The van der Waals surface area contributed by atoms with Gasteiger partial charge < -0.3 is 19.7 Å². The van der Waals surface area contributed by atoms with Gasteiger partial charge in [-0.05, 0) is 67.3 Å². The number of rotatable bonds is 8. The molecule has 0 fully saturated rings. The summed E-state index contributed by atoms with van der Waals surface area (Å²) in [6.45, 7) is 0. The molecule has 0 saturated heterocycles. The summed E-state index contributed by atoms with van der Waals surface area (Å²) >= 11 is 1.57. The molecule has 1 heterocycles. The van der Waals surface area contributed by atoms with Gasteiger partial charge in [0.05, 0.1) is 25.5 Å². The molecule has 0 spiro atoms. The first-order valence-electron chi connectivity index (χ1n) is 11.2. The topological polar surface area (TPSA) is 67.9 Å². The Morgan fingerprint density at radius 2 is 1.68 bits per heavy atom. The second-order valence-corrected chi connectivity index (χ2v) is 9.20. The monoisotopic (exact) mass is 476 g/mol. The van der Waals surface area contributed by atoms with Crippen LogP contribution in [0.25, 0.3) is 0 Å². The van der Waals surface area contributed by atoms with Crippen LogP contribution in [0.5, 0.6) is 11.5 Å². The van der Waals surface area contributed by atoms with Crippen LogP contribution in [0.1, 0.15) is 35.2 Å². The molecular formula is C27H28N2O4S. The van der Waals surface area contributed by atoms with Gasteiger partial charge in [-0.15, -0.1) is 0 Å². The third kappa shape index (κ3) is 5.37. The number of fused-ring (bicyclic) bond motifs is 2. The predicted octanol–water partition coefficient (Wildman–Crippen LogP) is 5.80. The van der Waals surface area contributed by atoms with E-state index in [1.54, 1.807) is 37.9 Å². The van der Waals surface area contributed by atoms with Crippen molar-refractivity contribution in [2.75, 3.05) is 31.5 Å². The van der Waals surface area contributed by atoms with Crippen molar-refractivity contribution in [3.8, 4) is 11.5 Å². The van der Waals surface area contributed by atoms with Crippen molar-refractivity contribution in [1.29, 1.82) is 0 Å². The number of ether oxygens (including phenoxy) is 2. The third-order valence-corrected chi connectivity index (χ3v) is 6.92. The molecule has 3 aromatic rings. The Morgan fingerprint density at radius 1 is 0.941 bits per heavy atom. The zero-order valence-electron chi connectivity index (χ0n) is 19.6. The number of amides is 2. The molecule has 1 N–H and O–H groups in total. The number of carbonyl (C=O) groups excluding carboxylic acids is 2. The number of benzene rings is 3. The number of hydrogen-bond donors (Lipinski definition) is 1. The van der Waals surface area contributed by atoms with Crippen molar-refractivity contribution in [2.24, 2.45) is 0 Å². The number of anilines is 2. The van der Waals surface area contributed by atoms with E-state index in [0.29, 0.717) is 17.7 Å². The van der Waals surface area contributed by atoms with Gasteiger partial charge in [0.1, 0.15) is 11.5 Å². The van der Waals surface area contributed by atoms with Crippen molar-refractivity contribution in [1.82, 2.24) is 0 Å². The first-order valence-corrected chi connectivity index (χ1v) is 12.0. The summed E-state index contributed by atoms with van der Waals surface area (Å²) in [6.07, 6.45) is 2.90. The van der Waals surface area contributed by atoms with Gasteiger partial charge in [0.2, 0.25) is 5.91 Å². The molecule has 0 bridgehead atoms. The van der Waals surface area contributed by atoms with E-state index in [9.17, 15) is 9.59 Å². The van der Waals surface area contributed by atoms with Crippen LogP contribution in [0.4, 0.5) is 11.4 Å². The van der Waals surface area contributed by atoms with Crippen LogP contribution in [0, 0.1) is 0 Å². The average Bonchev–Trinajstić information content (AvgIpc) is 2.96. The molecule has 7 heteroatoms. The SMILES string of the molecule is COc1cc(CCCCC(=O)Nc2ccc3c(c2)N(C)C(=O)c2ccccc2S3)cc(OC)c1. The standard InChI is InChI=1S/C27H28N2O4S/c1-29-23-16-19(12-13-25(23)34-24-10-6-5-9-22(24)27(29)31)28-26(30)11-7-4-8-18-14-20(32-2)17-21(15-18)33-3/h5-6,9-10,12-17H,4,7-8,11H2,1-3H3,(H,28,30). The fraction of sp³-hybridized carbons (Fsp3) is 0.259. The zero-order chi connectivity index (χ0) is 24.1. The van der Waals surface area contributed by atoms with Crippen LogP contribution in [0.3, 0.4) is 0 Å². The summed E-state index contributed by atoms with van der Waals surface area (Å²) in [6, 6.07) is 19.2. The summed E-state index contributed by atoms with van der Waals surface area (Å²) in [4.78, 5) is 29.0. The molecule has 6 nitrogen and oxygen atoms in total. The highest BCUT2D eigenvalue weighted by Crippen LogP contribution is 2.41. The molecular weight excluding hydrogens is 448 g/mol. The molecule has 0 radical (unpaired) electrons. The maximum Gasteiger partial charge on any atom is 0.259 e. The summed E-state index contributed by atoms with van der Waals surface area (Å²) in [5.74, 6) is 1.43. The molecule has 2 amide bonds. The average molecular weight is 477 g/mol. The number of nitrogens with one attached hydrogen (secondary N) is 1. The van der Waals surface area contributed by atoms with Gasteiger partial charge >= 0.3 is 0 Å². The zero-order valence-corrected chi connectivity index (χ0v) is 20.4. The van der Waals surface area contributed by atoms with Crippen LogP contribution < -0.4 is 19.7 Å². The van der Waals surface area contributed by atoms with Crippen LogP contribution in [-0.4, -0.2) is 33.1 Å². The van der Waals surface area contributed by atoms with E-state index in [4.69, 9.17) is 9.47 Å². The van der Waals surface area contributed by atoms with Crippen molar-refractivity contribution >= 4 is 35.0 Å². The first-order chi connectivity index (χ1) is 16.5. The number of aryl methyl sites for hydroxylation is 1. The van der Waals surface area contributed by atoms with E-state index in [2.05, 4.69) is 5.32 Å². The molecule has 0 aliphatic carbocycles. The van der Waals surface area contributed by atoms with E-state index < -0.39 is 0 Å². The highest BCUT2D eigenvalue weighted by atomic mass is 32.2. The fourth-order valence-electron chi connectivity index (χ4n) is 3.93. The maximum atomic E-state index is 12.9. The number of methoxy groups -OCH3 is 2. The molecule has 0 unspecified atom stereocenters. The largest absolute Gasteiger partial charge is 0.497 e. The minimum Gasteiger partial charge on any atom is -0.497 e. The van der Waals surface area contributed by atoms with E-state index in [0.717, 1.165) is 51.8 Å². The van der Waals surface area contributed by atoms with Crippen LogP contribution in [-0.2, 0) is 11.2 Å². The van der Waals surface area contributed by atoms with Gasteiger partial charge in [-0.2, -0.15) is 0 Å². The molecule has 176 valence electrons. The Balaban J connectivity index is 1.34. The lowest BCUT2D eigenvalue weighted by atomic mass is 10.1. The van der Waals surface area contributed by atoms with Gasteiger partial charge in [0, 0.05) is 35.0 Å². The van der Waals surface area contributed by atoms with Gasteiger partial charge in [-0.3, -0.25) is 9.59 Å². The Hall–Kier alpha value is -3.45. The van der Waals surface area contributed by atoms with E-state index >= 15 is 0 Å². The highest BCUT2D eigenvalue weighted by molar-refractivity contribution is 7.99. The molecule has 1 aliphatic rings.